The molecule has 0 bridgehead atoms. The first kappa shape index (κ1) is 47.0. The number of nitrogens with one attached hydrogen (secondary N) is 4. The van der Waals surface area contributed by atoms with E-state index in [1.165, 1.54) is 37.3 Å². The van der Waals surface area contributed by atoms with Crippen LogP contribution in [-0.2, 0) is 54.4 Å². The number of nitrogens with zero attached hydrogens (tertiary/aromatic N) is 1. The number of esters is 1. The van der Waals surface area contributed by atoms with Crippen LogP contribution in [-0.4, -0.2) is 90.4 Å². The van der Waals surface area contributed by atoms with Gasteiger partial charge in [-0.2, -0.15) is 5.48 Å². The molecule has 5 atom stereocenters. The van der Waals surface area contributed by atoms with Crippen LogP contribution in [0.4, 0.5) is 21.0 Å². The van der Waals surface area contributed by atoms with Crippen molar-refractivity contribution in [1.29, 1.82) is 0 Å². The summed E-state index contributed by atoms with van der Waals surface area (Å²) < 4.78 is 33.2. The van der Waals surface area contributed by atoms with Gasteiger partial charge in [0.05, 0.1) is 24.1 Å². The van der Waals surface area contributed by atoms with Crippen molar-refractivity contribution in [2.24, 2.45) is 11.8 Å². The van der Waals surface area contributed by atoms with Gasteiger partial charge in [0.2, 0.25) is 24.0 Å². The van der Waals surface area contributed by atoms with E-state index in [0.29, 0.717) is 0 Å². The van der Waals surface area contributed by atoms with Crippen molar-refractivity contribution in [3.05, 3.63) is 58.1 Å². The van der Waals surface area contributed by atoms with Gasteiger partial charge in [0.1, 0.15) is 23.7 Å². The van der Waals surface area contributed by atoms with Crippen LogP contribution in [0.3, 0.4) is 0 Å². The molecule has 1 saturated heterocycles. The topological polar surface area (TPSA) is 275 Å². The maximum Gasteiger partial charge on any atom is 0.514 e. The summed E-state index contributed by atoms with van der Waals surface area (Å²) in [7, 11) is 0. The molecule has 21 nitrogen and oxygen atoms in total. The summed E-state index contributed by atoms with van der Waals surface area (Å²) in [5, 5.41) is 18.2. The van der Waals surface area contributed by atoms with Crippen molar-refractivity contribution in [3.8, 4) is 11.5 Å². The number of non-ortho nitro benzene ring substituents is 1. The molecule has 4 N–H and O–H groups in total. The second-order valence-electron chi connectivity index (χ2n) is 14.4. The van der Waals surface area contributed by atoms with Gasteiger partial charge in [0.15, 0.2) is 18.5 Å². The number of hydroxylamine groups is 1. The lowest BCUT2D eigenvalue weighted by Crippen LogP contribution is -2.52. The van der Waals surface area contributed by atoms with Crippen LogP contribution in [0.25, 0.3) is 0 Å². The van der Waals surface area contributed by atoms with Crippen LogP contribution in [0.5, 0.6) is 11.5 Å². The molecule has 4 amide bonds. The highest BCUT2D eigenvalue weighted by Gasteiger charge is 2.43. The van der Waals surface area contributed by atoms with E-state index < -0.39 is 90.9 Å². The SMILES string of the molecule is CC(=O)OC1[C@H](Oc2ccc(NC(=O)CNC(=O)CCC(=O)CNC(=O)CONC(=O)OC(C)(C)C)cc2COC(=O)Oc2ccc([N+](=O)[O-])cc2)OC(C)[C@@H](C)[C@@H]1C. The van der Waals surface area contributed by atoms with Gasteiger partial charge in [-0.3, -0.25) is 38.9 Å². The van der Waals surface area contributed by atoms with Crippen LogP contribution in [0, 0.1) is 22.0 Å². The Morgan fingerprint density at radius 3 is 2.19 bits per heavy atom. The summed E-state index contributed by atoms with van der Waals surface area (Å²) in [6.07, 6.45) is -4.74. The Labute approximate surface area is 339 Å². The van der Waals surface area contributed by atoms with Gasteiger partial charge in [-0.05, 0) is 63.9 Å². The molecule has 2 aromatic carbocycles. The standard InChI is InChI=1S/C38H49N5O16/c1-21-22(2)34(56-24(4)44)35(55-23(21)3)58-30-14-8-26(16-25(30)19-53-37(50)57-29-12-9-27(10-13-29)43(51)52)41-32(47)18-40-31(46)15-11-28(45)17-39-33(48)20-54-42-36(49)59-38(5,6)7/h8-10,12-14,16,21-23,34-35H,11,15,17-20H2,1-7H3,(H,39,48)(H,40,46)(H,41,47)(H,42,49)/t21-,22-,23?,34?,35-/m0/s1. The molecule has 0 aliphatic carbocycles. The van der Waals surface area contributed by atoms with Gasteiger partial charge in [-0.25, -0.2) is 9.59 Å². The number of Topliss-reactive ketones (excluding diaryl/α,β-unsaturated/α-hetero) is 1. The van der Waals surface area contributed by atoms with Gasteiger partial charge in [-0.1, -0.05) is 13.8 Å². The number of hydrogen-bond donors (Lipinski definition) is 4. The maximum atomic E-state index is 12.8. The third-order valence-corrected chi connectivity index (χ3v) is 8.51. The van der Waals surface area contributed by atoms with Crippen LogP contribution >= 0.6 is 0 Å². The molecule has 1 aliphatic rings. The average molecular weight is 832 g/mol. The molecule has 0 spiro atoms. The molecular weight excluding hydrogens is 782 g/mol. The van der Waals surface area contributed by atoms with Crippen molar-refractivity contribution < 1.29 is 71.7 Å². The molecule has 322 valence electrons. The summed E-state index contributed by atoms with van der Waals surface area (Å²) in [6, 6.07) is 9.09. The predicted octanol–water partition coefficient (Wildman–Crippen LogP) is 3.61. The maximum absolute atomic E-state index is 12.8. The van der Waals surface area contributed by atoms with Crippen LogP contribution in [0.2, 0.25) is 0 Å². The van der Waals surface area contributed by atoms with E-state index >= 15 is 0 Å². The van der Waals surface area contributed by atoms with E-state index in [0.717, 1.165) is 12.1 Å². The summed E-state index contributed by atoms with van der Waals surface area (Å²) in [5.41, 5.74) is 1.37. The zero-order chi connectivity index (χ0) is 43.9. The molecule has 1 fully saturated rings. The number of carbonyl (C=O) groups is 7. The van der Waals surface area contributed by atoms with Crippen molar-refractivity contribution in [2.45, 2.75) is 92.0 Å². The molecule has 2 aromatic rings. The van der Waals surface area contributed by atoms with E-state index in [9.17, 15) is 43.7 Å². The van der Waals surface area contributed by atoms with Crippen molar-refractivity contribution in [2.75, 3.05) is 25.0 Å². The first-order valence-electron chi connectivity index (χ1n) is 18.4. The molecule has 59 heavy (non-hydrogen) atoms. The van der Waals surface area contributed by atoms with E-state index in [-0.39, 0.29) is 59.2 Å². The van der Waals surface area contributed by atoms with Gasteiger partial charge >= 0.3 is 18.2 Å². The Morgan fingerprint density at radius 1 is 0.864 bits per heavy atom. The molecule has 3 rings (SSSR count). The van der Waals surface area contributed by atoms with E-state index in [1.54, 1.807) is 20.8 Å². The number of ketones is 1. The molecule has 0 aromatic heterocycles. The number of anilines is 1. The van der Waals surface area contributed by atoms with Gasteiger partial charge in [0, 0.05) is 49.1 Å². The normalized spacial score (nSPS) is 18.6. The minimum atomic E-state index is -1.16. The van der Waals surface area contributed by atoms with Crippen molar-refractivity contribution >= 4 is 53.1 Å². The first-order chi connectivity index (χ1) is 27.7. The van der Waals surface area contributed by atoms with Crippen LogP contribution < -0.4 is 30.9 Å². The lowest BCUT2D eigenvalue weighted by Gasteiger charge is -2.42. The fraction of sp³-hybridized carbons (Fsp3) is 0.500. The molecule has 1 heterocycles. The summed E-state index contributed by atoms with van der Waals surface area (Å²) in [5.74, 6) is -3.06. The summed E-state index contributed by atoms with van der Waals surface area (Å²) >= 11 is 0. The second-order valence-corrected chi connectivity index (χ2v) is 14.4. The number of benzene rings is 2. The lowest BCUT2D eigenvalue weighted by atomic mass is 9.84. The molecule has 0 saturated carbocycles. The number of amides is 4. The van der Waals surface area contributed by atoms with Gasteiger partial charge in [-0.15, -0.1) is 0 Å². The highest BCUT2D eigenvalue weighted by molar-refractivity contribution is 5.95. The third kappa shape index (κ3) is 16.6. The van der Waals surface area contributed by atoms with Gasteiger partial charge in [0.25, 0.3) is 5.69 Å². The number of hydrogen-bond acceptors (Lipinski definition) is 16. The highest BCUT2D eigenvalue weighted by Crippen LogP contribution is 2.35. The zero-order valence-electron chi connectivity index (χ0n) is 33.7. The fourth-order valence-corrected chi connectivity index (χ4v) is 5.27. The second kappa shape index (κ2) is 22.0. The third-order valence-electron chi connectivity index (χ3n) is 8.51. The molecule has 2 unspecified atom stereocenters. The lowest BCUT2D eigenvalue weighted by molar-refractivity contribution is -0.384. The zero-order valence-corrected chi connectivity index (χ0v) is 33.7. The molecule has 21 heteroatoms. The average Bonchev–Trinajstić information content (AvgIpc) is 3.15. The minimum Gasteiger partial charge on any atom is -0.460 e. The van der Waals surface area contributed by atoms with Crippen molar-refractivity contribution in [3.63, 3.8) is 0 Å². The van der Waals surface area contributed by atoms with E-state index in [4.69, 9.17) is 33.3 Å². The quantitative estimate of drug-likeness (QED) is 0.0549. The van der Waals surface area contributed by atoms with Crippen molar-refractivity contribution in [1.82, 2.24) is 16.1 Å². The Morgan fingerprint density at radius 2 is 1.54 bits per heavy atom. The number of carbonyl (C=O) groups excluding carboxylic acids is 7. The smallest absolute Gasteiger partial charge is 0.460 e. The number of nitro benzene ring substituents is 1. The van der Waals surface area contributed by atoms with Gasteiger partial charge < -0.3 is 44.4 Å². The predicted molar refractivity (Wildman–Crippen MR) is 203 cm³/mol. The number of nitro groups is 1. The number of rotatable bonds is 18. The van der Waals surface area contributed by atoms with E-state index in [2.05, 4.69) is 16.0 Å². The molecular formula is C38H49N5O16. The Kier molecular flexibility index (Phi) is 17.5. The largest absolute Gasteiger partial charge is 0.514 e. The molecule has 1 aliphatic heterocycles. The minimum absolute atomic E-state index is 0.00511. The number of ether oxygens (including phenoxy) is 6. The van der Waals surface area contributed by atoms with Crippen LogP contribution in [0.1, 0.15) is 66.9 Å². The highest BCUT2D eigenvalue weighted by atomic mass is 16.7. The van der Waals surface area contributed by atoms with E-state index in [1.807, 2.05) is 26.3 Å². The summed E-state index contributed by atoms with van der Waals surface area (Å²) in [6.45, 7) is 9.96. The fourth-order valence-electron chi connectivity index (χ4n) is 5.27. The van der Waals surface area contributed by atoms with Crippen LogP contribution in [0.15, 0.2) is 42.5 Å². The Balaban J connectivity index is 1.58. The first-order valence-corrected chi connectivity index (χ1v) is 18.4. The molecule has 0 radical (unpaired) electrons. The summed E-state index contributed by atoms with van der Waals surface area (Å²) in [4.78, 5) is 100. The Hall–Kier alpha value is -6.35. The Bertz CT molecular complexity index is 1850. The monoisotopic (exact) mass is 831 g/mol.